The number of hydrogen-bond donors (Lipinski definition) is 0. The number of imidazole rings is 1. The zero-order valence-electron chi connectivity index (χ0n) is 12.6. The highest BCUT2D eigenvalue weighted by atomic mass is 79.9. The van der Waals surface area contributed by atoms with Gasteiger partial charge in [-0.1, -0.05) is 18.2 Å². The molecule has 0 saturated carbocycles. The van der Waals surface area contributed by atoms with Gasteiger partial charge in [0, 0.05) is 20.2 Å². The zero-order chi connectivity index (χ0) is 15.1. The number of aromatic nitrogens is 2. The summed E-state index contributed by atoms with van der Waals surface area (Å²) in [4.78, 5) is 12.6. The van der Waals surface area contributed by atoms with E-state index in [0.717, 1.165) is 26.7 Å². The van der Waals surface area contributed by atoms with Gasteiger partial charge in [0.2, 0.25) is 6.33 Å². The van der Waals surface area contributed by atoms with E-state index in [1.54, 1.807) is 11.3 Å². The molecule has 0 amide bonds. The van der Waals surface area contributed by atoms with Crippen LogP contribution in [-0.2, 0) is 13.6 Å². The van der Waals surface area contributed by atoms with Crippen molar-refractivity contribution in [3.05, 3.63) is 77.0 Å². The van der Waals surface area contributed by atoms with Crippen molar-refractivity contribution < 1.29 is 21.5 Å². The molecule has 0 spiro atoms. The molecule has 2 aromatic carbocycles. The number of fused-ring (bicyclic) bond motifs is 2. The first kappa shape index (κ1) is 15.9. The molecule has 4 rings (SSSR count). The van der Waals surface area contributed by atoms with Crippen molar-refractivity contribution in [2.24, 2.45) is 7.05 Å². The van der Waals surface area contributed by atoms with Gasteiger partial charge in [0.25, 0.3) is 0 Å². The fraction of sp³-hybridized carbons (Fsp3) is 0.111. The van der Waals surface area contributed by atoms with Gasteiger partial charge in [-0.25, -0.2) is 9.13 Å². The van der Waals surface area contributed by atoms with Gasteiger partial charge in [0.1, 0.15) is 18.9 Å². The van der Waals surface area contributed by atoms with Crippen molar-refractivity contribution in [3.8, 4) is 0 Å². The molecule has 0 aliphatic carbocycles. The Morgan fingerprint density at radius 3 is 2.65 bits per heavy atom. The van der Waals surface area contributed by atoms with Crippen LogP contribution < -0.4 is 27.0 Å². The molecule has 2 heterocycles. The summed E-state index contributed by atoms with van der Waals surface area (Å²) in [6.45, 7) is 0.810. The molecule has 0 unspecified atom stereocenters. The van der Waals surface area contributed by atoms with Gasteiger partial charge >= 0.3 is 0 Å². The Morgan fingerprint density at radius 1 is 1.09 bits per heavy atom. The topological polar surface area (TPSA) is 25.9 Å². The van der Waals surface area contributed by atoms with Crippen LogP contribution in [0.4, 0.5) is 0 Å². The maximum absolute atomic E-state index is 12.6. The van der Waals surface area contributed by atoms with Crippen molar-refractivity contribution in [1.82, 2.24) is 4.57 Å². The molecule has 0 bridgehead atoms. The minimum Gasteiger partial charge on any atom is -1.00 e. The van der Waals surface area contributed by atoms with Crippen LogP contribution in [0.25, 0.3) is 20.2 Å². The first-order valence-corrected chi connectivity index (χ1v) is 7.98. The molecule has 0 N–H and O–H groups in total. The molecular formula is C18H15BrN2OS. The third-order valence-electron chi connectivity index (χ3n) is 3.83. The summed E-state index contributed by atoms with van der Waals surface area (Å²) >= 11 is 1.68. The molecule has 0 aliphatic heterocycles. The Morgan fingerprint density at radius 2 is 1.87 bits per heavy atom. The summed E-state index contributed by atoms with van der Waals surface area (Å²) in [5.74, 6) is 0. The van der Waals surface area contributed by atoms with Crippen molar-refractivity contribution in [2.45, 2.75) is 6.54 Å². The SMILES string of the molecule is C[n+]1ccn(Cc2ccc3c(=O)c4ccccc4sc3c2)c1.[Br-]. The van der Waals surface area contributed by atoms with Crippen LogP contribution in [0.3, 0.4) is 0 Å². The van der Waals surface area contributed by atoms with Gasteiger partial charge in [0.05, 0.1) is 7.05 Å². The third-order valence-corrected chi connectivity index (χ3v) is 4.96. The molecule has 23 heavy (non-hydrogen) atoms. The molecule has 2 aromatic heterocycles. The highest BCUT2D eigenvalue weighted by molar-refractivity contribution is 7.24. The molecule has 5 heteroatoms. The normalized spacial score (nSPS) is 10.8. The Hall–Kier alpha value is -1.98. The molecule has 0 fully saturated rings. The molecule has 116 valence electrons. The molecule has 0 atom stereocenters. The lowest BCUT2D eigenvalue weighted by molar-refractivity contribution is -0.671. The van der Waals surface area contributed by atoms with Gasteiger partial charge in [-0.3, -0.25) is 4.79 Å². The Kier molecular flexibility index (Phi) is 4.33. The van der Waals surface area contributed by atoms with Crippen molar-refractivity contribution >= 4 is 31.5 Å². The summed E-state index contributed by atoms with van der Waals surface area (Å²) in [6, 6.07) is 14.0. The lowest BCUT2D eigenvalue weighted by Gasteiger charge is -2.03. The van der Waals surface area contributed by atoms with E-state index in [1.807, 2.05) is 66.7 Å². The van der Waals surface area contributed by atoms with Gasteiger partial charge in [-0.05, 0) is 29.8 Å². The van der Waals surface area contributed by atoms with Crippen LogP contribution in [-0.4, -0.2) is 4.57 Å². The molecule has 3 nitrogen and oxygen atoms in total. The standard InChI is InChI=1S/C18H15N2OS.BrH/c1-19-8-9-20(12-19)11-13-6-7-15-17(10-13)22-16-5-3-2-4-14(16)18(15)21;/h2-10,12H,11H2,1H3;1H/q+1;/p-1. The average molecular weight is 387 g/mol. The maximum Gasteiger partial charge on any atom is 0.243 e. The van der Waals surface area contributed by atoms with E-state index in [0.29, 0.717) is 0 Å². The summed E-state index contributed by atoms with van der Waals surface area (Å²) in [6.07, 6.45) is 6.12. The van der Waals surface area contributed by atoms with Gasteiger partial charge in [-0.2, -0.15) is 0 Å². The molecular weight excluding hydrogens is 372 g/mol. The van der Waals surface area contributed by atoms with Crippen molar-refractivity contribution in [2.75, 3.05) is 0 Å². The molecule has 0 aliphatic rings. The maximum atomic E-state index is 12.6. The highest BCUT2D eigenvalue weighted by Crippen LogP contribution is 2.25. The van der Waals surface area contributed by atoms with Crippen LogP contribution in [0.15, 0.2) is 66.0 Å². The number of rotatable bonds is 2. The van der Waals surface area contributed by atoms with E-state index in [-0.39, 0.29) is 22.4 Å². The van der Waals surface area contributed by atoms with Crippen molar-refractivity contribution in [3.63, 3.8) is 0 Å². The summed E-state index contributed by atoms with van der Waals surface area (Å²) in [7, 11) is 2.01. The third kappa shape index (κ3) is 2.94. The monoisotopic (exact) mass is 386 g/mol. The van der Waals surface area contributed by atoms with E-state index >= 15 is 0 Å². The summed E-state index contributed by atoms with van der Waals surface area (Å²) in [5, 5.41) is 1.62. The number of benzene rings is 2. The minimum atomic E-state index is 0. The summed E-state index contributed by atoms with van der Waals surface area (Å²) < 4.78 is 6.25. The van der Waals surface area contributed by atoms with Crippen LogP contribution in [0.5, 0.6) is 0 Å². The zero-order valence-corrected chi connectivity index (χ0v) is 15.0. The van der Waals surface area contributed by atoms with Crippen molar-refractivity contribution in [1.29, 1.82) is 0 Å². The van der Waals surface area contributed by atoms with Gasteiger partial charge in [-0.15, -0.1) is 11.3 Å². The second kappa shape index (κ2) is 6.26. The van der Waals surface area contributed by atoms with E-state index in [9.17, 15) is 4.79 Å². The smallest absolute Gasteiger partial charge is 0.243 e. The van der Waals surface area contributed by atoms with E-state index in [4.69, 9.17) is 0 Å². The minimum absolute atomic E-state index is 0. The molecule has 0 radical (unpaired) electrons. The lowest BCUT2D eigenvalue weighted by atomic mass is 10.1. The quantitative estimate of drug-likeness (QED) is 0.354. The van der Waals surface area contributed by atoms with E-state index in [1.165, 1.54) is 5.56 Å². The van der Waals surface area contributed by atoms with E-state index < -0.39 is 0 Å². The number of halogens is 1. The number of aryl methyl sites for hydroxylation is 1. The highest BCUT2D eigenvalue weighted by Gasteiger charge is 2.08. The van der Waals surface area contributed by atoms with Crippen LogP contribution in [0.2, 0.25) is 0 Å². The first-order valence-electron chi connectivity index (χ1n) is 7.16. The Bertz CT molecular complexity index is 1050. The molecule has 4 aromatic rings. The number of hydrogen-bond acceptors (Lipinski definition) is 2. The predicted molar refractivity (Wildman–Crippen MR) is 90.3 cm³/mol. The Balaban J connectivity index is 0.00000156. The average Bonchev–Trinajstić information content (AvgIpc) is 2.92. The fourth-order valence-corrected chi connectivity index (χ4v) is 3.89. The summed E-state index contributed by atoms with van der Waals surface area (Å²) in [5.41, 5.74) is 1.33. The second-order valence-corrected chi connectivity index (χ2v) is 6.59. The molecule has 0 saturated heterocycles. The first-order chi connectivity index (χ1) is 10.7. The van der Waals surface area contributed by atoms with Crippen LogP contribution in [0.1, 0.15) is 5.56 Å². The number of nitrogens with zero attached hydrogens (tertiary/aromatic N) is 2. The van der Waals surface area contributed by atoms with E-state index in [2.05, 4.69) is 10.6 Å². The lowest BCUT2D eigenvalue weighted by Crippen LogP contribution is -3.00. The fourth-order valence-electron chi connectivity index (χ4n) is 2.75. The second-order valence-electron chi connectivity index (χ2n) is 5.51. The largest absolute Gasteiger partial charge is 1.00 e. The van der Waals surface area contributed by atoms with Crippen LogP contribution >= 0.6 is 11.3 Å². The van der Waals surface area contributed by atoms with Crippen LogP contribution in [0, 0.1) is 0 Å². The van der Waals surface area contributed by atoms with Gasteiger partial charge in [0.15, 0.2) is 5.43 Å². The predicted octanol–water partition coefficient (Wildman–Crippen LogP) is 0.0930. The van der Waals surface area contributed by atoms with Gasteiger partial charge < -0.3 is 17.0 Å². The Labute approximate surface area is 148 Å².